The molecule has 2 aromatic rings. The van der Waals surface area contributed by atoms with Crippen LogP contribution in [0.5, 0.6) is 0 Å². The molecular formula is C18H22N4O4. The van der Waals surface area contributed by atoms with E-state index in [4.69, 9.17) is 9.15 Å². The predicted molar refractivity (Wildman–Crippen MR) is 92.0 cm³/mol. The first-order valence-electron chi connectivity index (χ1n) is 8.48. The number of hydrogen-bond donors (Lipinski definition) is 0. The Bertz CT molecular complexity index is 762. The molecule has 0 aliphatic carbocycles. The Morgan fingerprint density at radius 2 is 2.00 bits per heavy atom. The lowest BCUT2D eigenvalue weighted by atomic mass is 10.0. The maximum absolute atomic E-state index is 13.0. The Kier molecular flexibility index (Phi) is 5.62. The van der Waals surface area contributed by atoms with Gasteiger partial charge in [-0.05, 0) is 5.56 Å². The Labute approximate surface area is 151 Å². The molecule has 3 rings (SSSR count). The average molecular weight is 358 g/mol. The Morgan fingerprint density at radius 1 is 1.23 bits per heavy atom. The van der Waals surface area contributed by atoms with Crippen molar-refractivity contribution in [3.05, 3.63) is 47.7 Å². The van der Waals surface area contributed by atoms with E-state index in [-0.39, 0.29) is 24.9 Å². The molecule has 1 aliphatic rings. The standard InChI is InChI=1S/C18H22N4O4/c1-13-19-20-16(26-13)11-22-15(10-14-6-4-3-5-7-14)18(24)21(8-9-25-2)12-17(22)23/h3-7,15H,8-12H2,1-2H3/t15-/m1/s1. The van der Waals surface area contributed by atoms with Gasteiger partial charge >= 0.3 is 0 Å². The second kappa shape index (κ2) is 8.09. The van der Waals surface area contributed by atoms with Crippen molar-refractivity contribution >= 4 is 11.8 Å². The summed E-state index contributed by atoms with van der Waals surface area (Å²) in [7, 11) is 1.57. The highest BCUT2D eigenvalue weighted by atomic mass is 16.5. The van der Waals surface area contributed by atoms with Gasteiger partial charge in [-0.2, -0.15) is 0 Å². The van der Waals surface area contributed by atoms with Crippen LogP contribution in [0.2, 0.25) is 0 Å². The fraction of sp³-hybridized carbons (Fsp3) is 0.444. The number of rotatable bonds is 7. The molecule has 1 aliphatic heterocycles. The second-order valence-electron chi connectivity index (χ2n) is 6.19. The Hall–Kier alpha value is -2.74. The van der Waals surface area contributed by atoms with E-state index in [0.717, 1.165) is 5.56 Å². The summed E-state index contributed by atoms with van der Waals surface area (Å²) in [5, 5.41) is 7.75. The number of carbonyl (C=O) groups excluding carboxylic acids is 2. The molecule has 0 radical (unpaired) electrons. The number of carbonyl (C=O) groups is 2. The monoisotopic (exact) mass is 358 g/mol. The first-order valence-corrected chi connectivity index (χ1v) is 8.48. The smallest absolute Gasteiger partial charge is 0.246 e. The molecule has 8 heteroatoms. The first kappa shape index (κ1) is 18.1. The molecule has 0 N–H and O–H groups in total. The molecule has 8 nitrogen and oxygen atoms in total. The third-order valence-electron chi connectivity index (χ3n) is 4.33. The summed E-state index contributed by atoms with van der Waals surface area (Å²) in [5.41, 5.74) is 0.985. The summed E-state index contributed by atoms with van der Waals surface area (Å²) in [6.45, 7) is 2.62. The SMILES string of the molecule is COCCN1CC(=O)N(Cc2nnc(C)o2)[C@H](Cc2ccccc2)C1=O. The Balaban J connectivity index is 1.84. The predicted octanol–water partition coefficient (Wildman–Crippen LogP) is 0.807. The van der Waals surface area contributed by atoms with Gasteiger partial charge in [0.2, 0.25) is 23.6 Å². The van der Waals surface area contributed by atoms with Crippen LogP contribution in [0.3, 0.4) is 0 Å². The van der Waals surface area contributed by atoms with Gasteiger partial charge < -0.3 is 19.0 Å². The van der Waals surface area contributed by atoms with Gasteiger partial charge in [-0.1, -0.05) is 30.3 Å². The zero-order valence-electron chi connectivity index (χ0n) is 14.9. The van der Waals surface area contributed by atoms with Crippen LogP contribution in [0.1, 0.15) is 17.3 Å². The minimum Gasteiger partial charge on any atom is -0.424 e. The molecule has 0 bridgehead atoms. The van der Waals surface area contributed by atoms with E-state index >= 15 is 0 Å². The van der Waals surface area contributed by atoms with E-state index in [1.165, 1.54) is 4.90 Å². The summed E-state index contributed by atoms with van der Waals surface area (Å²) in [6, 6.07) is 9.03. The lowest BCUT2D eigenvalue weighted by Crippen LogP contribution is -2.60. The minimum atomic E-state index is -0.609. The van der Waals surface area contributed by atoms with Crippen LogP contribution >= 0.6 is 0 Å². The highest BCUT2D eigenvalue weighted by molar-refractivity contribution is 5.95. The maximum atomic E-state index is 13.0. The molecule has 1 aromatic carbocycles. The number of nitrogens with zero attached hydrogens (tertiary/aromatic N) is 4. The highest BCUT2D eigenvalue weighted by Crippen LogP contribution is 2.20. The van der Waals surface area contributed by atoms with E-state index in [1.54, 1.807) is 18.9 Å². The highest BCUT2D eigenvalue weighted by Gasteiger charge is 2.39. The van der Waals surface area contributed by atoms with Gasteiger partial charge in [-0.25, -0.2) is 0 Å². The van der Waals surface area contributed by atoms with E-state index in [0.29, 0.717) is 31.4 Å². The number of ether oxygens (including phenoxy) is 1. The number of methoxy groups -OCH3 is 1. The number of piperazine rings is 1. The van der Waals surface area contributed by atoms with E-state index < -0.39 is 6.04 Å². The quantitative estimate of drug-likeness (QED) is 0.728. The molecular weight excluding hydrogens is 336 g/mol. The average Bonchev–Trinajstić information content (AvgIpc) is 3.05. The number of aryl methyl sites for hydroxylation is 1. The van der Waals surface area contributed by atoms with Gasteiger partial charge in [0.15, 0.2) is 0 Å². The Morgan fingerprint density at radius 3 is 2.65 bits per heavy atom. The molecule has 1 fully saturated rings. The van der Waals surface area contributed by atoms with Crippen molar-refractivity contribution in [2.24, 2.45) is 0 Å². The normalized spacial score (nSPS) is 17.8. The van der Waals surface area contributed by atoms with E-state index in [9.17, 15) is 9.59 Å². The number of aromatic nitrogens is 2. The van der Waals surface area contributed by atoms with Crippen LogP contribution in [0.4, 0.5) is 0 Å². The molecule has 0 spiro atoms. The van der Waals surface area contributed by atoms with Crippen LogP contribution in [-0.2, 0) is 27.3 Å². The van der Waals surface area contributed by atoms with Crippen LogP contribution in [0.25, 0.3) is 0 Å². The van der Waals surface area contributed by atoms with Crippen LogP contribution in [0.15, 0.2) is 34.7 Å². The zero-order chi connectivity index (χ0) is 18.5. The van der Waals surface area contributed by atoms with Crippen molar-refractivity contribution in [2.45, 2.75) is 25.9 Å². The summed E-state index contributed by atoms with van der Waals surface area (Å²) in [4.78, 5) is 28.8. The lowest BCUT2D eigenvalue weighted by Gasteiger charge is -2.39. The van der Waals surface area contributed by atoms with Crippen molar-refractivity contribution in [3.63, 3.8) is 0 Å². The number of benzene rings is 1. The fourth-order valence-electron chi connectivity index (χ4n) is 3.02. The lowest BCUT2D eigenvalue weighted by molar-refractivity contribution is -0.157. The minimum absolute atomic E-state index is 0.0284. The first-order chi connectivity index (χ1) is 12.6. The van der Waals surface area contributed by atoms with Crippen molar-refractivity contribution in [1.29, 1.82) is 0 Å². The van der Waals surface area contributed by atoms with E-state index in [1.807, 2.05) is 30.3 Å². The van der Waals surface area contributed by atoms with Crippen molar-refractivity contribution in [1.82, 2.24) is 20.0 Å². The van der Waals surface area contributed by atoms with Crippen molar-refractivity contribution < 1.29 is 18.7 Å². The van der Waals surface area contributed by atoms with Gasteiger partial charge in [0.1, 0.15) is 6.04 Å². The maximum Gasteiger partial charge on any atom is 0.246 e. The summed E-state index contributed by atoms with van der Waals surface area (Å²) in [5.74, 6) is 0.517. The molecule has 2 heterocycles. The van der Waals surface area contributed by atoms with Crippen LogP contribution in [0, 0.1) is 6.92 Å². The third kappa shape index (κ3) is 4.08. The largest absolute Gasteiger partial charge is 0.424 e. The molecule has 1 saturated heterocycles. The molecule has 138 valence electrons. The second-order valence-corrected chi connectivity index (χ2v) is 6.19. The van der Waals surface area contributed by atoms with Crippen LogP contribution < -0.4 is 0 Å². The topological polar surface area (TPSA) is 88.8 Å². The molecule has 26 heavy (non-hydrogen) atoms. The van der Waals surface area contributed by atoms with Crippen molar-refractivity contribution in [2.75, 3.05) is 26.8 Å². The van der Waals surface area contributed by atoms with Gasteiger partial charge in [-0.15, -0.1) is 10.2 Å². The van der Waals surface area contributed by atoms with Gasteiger partial charge in [0.05, 0.1) is 19.7 Å². The van der Waals surface area contributed by atoms with Gasteiger partial charge in [-0.3, -0.25) is 9.59 Å². The van der Waals surface area contributed by atoms with Crippen LogP contribution in [-0.4, -0.2) is 64.7 Å². The number of hydrogen-bond acceptors (Lipinski definition) is 6. The fourth-order valence-corrected chi connectivity index (χ4v) is 3.02. The third-order valence-corrected chi connectivity index (χ3v) is 4.33. The number of amides is 2. The van der Waals surface area contributed by atoms with Crippen molar-refractivity contribution in [3.8, 4) is 0 Å². The molecule has 1 atom stereocenters. The summed E-state index contributed by atoms with van der Waals surface area (Å²) >= 11 is 0. The van der Waals surface area contributed by atoms with E-state index in [2.05, 4.69) is 10.2 Å². The van der Waals surface area contributed by atoms with Gasteiger partial charge in [0.25, 0.3) is 0 Å². The molecule has 0 unspecified atom stereocenters. The zero-order valence-corrected chi connectivity index (χ0v) is 14.9. The summed E-state index contributed by atoms with van der Waals surface area (Å²) < 4.78 is 10.5. The summed E-state index contributed by atoms with van der Waals surface area (Å²) in [6.07, 6.45) is 0.433. The van der Waals surface area contributed by atoms with Gasteiger partial charge in [0, 0.05) is 27.0 Å². The molecule has 2 amide bonds. The molecule has 0 saturated carbocycles. The molecule has 1 aromatic heterocycles.